The van der Waals surface area contributed by atoms with Gasteiger partial charge in [-0.05, 0) is 113 Å². The Bertz CT molecular complexity index is 2320. The van der Waals surface area contributed by atoms with Crippen molar-refractivity contribution in [3.05, 3.63) is 169 Å². The molecule has 46 heavy (non-hydrogen) atoms. The third kappa shape index (κ3) is 4.88. The van der Waals surface area contributed by atoms with Crippen molar-refractivity contribution >= 4 is 32.3 Å². The highest BCUT2D eigenvalue weighted by atomic mass is 14.2. The Labute approximate surface area is 271 Å². The molecule has 0 unspecified atom stereocenters. The molecule has 0 aliphatic carbocycles. The summed E-state index contributed by atoms with van der Waals surface area (Å²) in [6.07, 6.45) is 2.24. The number of benzene rings is 8. The predicted molar refractivity (Wildman–Crippen MR) is 199 cm³/mol. The molecule has 0 saturated heterocycles. The molecule has 8 aromatic carbocycles. The molecule has 8 aromatic rings. The molecule has 0 aromatic heterocycles. The largest absolute Gasteiger partial charge is 0.0651 e. The number of hydrogen-bond donors (Lipinski definition) is 0. The predicted octanol–water partition coefficient (Wildman–Crippen LogP) is 13.1. The maximum Gasteiger partial charge on any atom is -0.00262 e. The van der Waals surface area contributed by atoms with Crippen LogP contribution in [0.5, 0.6) is 0 Å². The van der Waals surface area contributed by atoms with Gasteiger partial charge in [-0.1, -0.05) is 159 Å². The molecule has 0 heterocycles. The van der Waals surface area contributed by atoms with E-state index in [2.05, 4.69) is 172 Å². The summed E-state index contributed by atoms with van der Waals surface area (Å²) in [6, 6.07) is 58.3. The van der Waals surface area contributed by atoms with E-state index in [9.17, 15) is 0 Å². The van der Waals surface area contributed by atoms with Crippen LogP contribution in [0.1, 0.15) is 24.5 Å². The van der Waals surface area contributed by atoms with Crippen LogP contribution >= 0.6 is 0 Å². The van der Waals surface area contributed by atoms with E-state index in [4.69, 9.17) is 0 Å². The normalized spacial score (nSPS) is 11.4. The lowest BCUT2D eigenvalue weighted by molar-refractivity contribution is 0.923. The third-order valence-corrected chi connectivity index (χ3v) is 9.54. The van der Waals surface area contributed by atoms with E-state index in [0.29, 0.717) is 0 Å². The molecule has 0 fully saturated rings. The number of rotatable bonds is 6. The summed E-state index contributed by atoms with van der Waals surface area (Å²) in [5, 5.41) is 7.65. The maximum absolute atomic E-state index is 2.38. The van der Waals surface area contributed by atoms with Crippen LogP contribution in [0.4, 0.5) is 0 Å². The Morgan fingerprint density at radius 3 is 1.59 bits per heavy atom. The molecule has 0 bridgehead atoms. The molecular formula is C46H36. The molecule has 0 radical (unpaired) electrons. The summed E-state index contributed by atoms with van der Waals surface area (Å²) in [5.74, 6) is 0. The summed E-state index contributed by atoms with van der Waals surface area (Å²) in [7, 11) is 0. The van der Waals surface area contributed by atoms with Gasteiger partial charge in [-0.2, -0.15) is 0 Å². The second-order valence-electron chi connectivity index (χ2n) is 12.4. The maximum atomic E-state index is 2.38. The monoisotopic (exact) mass is 588 g/mol. The van der Waals surface area contributed by atoms with Crippen molar-refractivity contribution in [1.82, 2.24) is 0 Å². The van der Waals surface area contributed by atoms with Crippen molar-refractivity contribution in [3.63, 3.8) is 0 Å². The fraction of sp³-hybridized carbons (Fsp3) is 0.0870. The van der Waals surface area contributed by atoms with Crippen LogP contribution in [0.2, 0.25) is 0 Å². The van der Waals surface area contributed by atoms with E-state index in [-0.39, 0.29) is 0 Å². The Kier molecular flexibility index (Phi) is 7.20. The van der Waals surface area contributed by atoms with E-state index >= 15 is 0 Å². The Morgan fingerprint density at radius 2 is 0.913 bits per heavy atom. The molecule has 0 atom stereocenters. The van der Waals surface area contributed by atoms with E-state index in [1.54, 1.807) is 0 Å². The Balaban J connectivity index is 1.26. The molecule has 0 aliphatic heterocycles. The topological polar surface area (TPSA) is 0 Å². The van der Waals surface area contributed by atoms with Gasteiger partial charge in [0.2, 0.25) is 0 Å². The minimum atomic E-state index is 1.09. The van der Waals surface area contributed by atoms with E-state index in [0.717, 1.165) is 12.8 Å². The minimum Gasteiger partial charge on any atom is -0.0651 e. The van der Waals surface area contributed by atoms with Gasteiger partial charge in [0, 0.05) is 0 Å². The smallest absolute Gasteiger partial charge is 0.00262 e. The zero-order chi connectivity index (χ0) is 31.0. The minimum absolute atomic E-state index is 1.09. The van der Waals surface area contributed by atoms with Crippen molar-refractivity contribution in [2.45, 2.75) is 26.7 Å². The molecule has 0 amide bonds. The fourth-order valence-electron chi connectivity index (χ4n) is 7.29. The summed E-state index contributed by atoms with van der Waals surface area (Å²) in [4.78, 5) is 0. The standard InChI is InChI=1S/C46H36/c1-3-12-34-14-6-7-16-39(34)44-30-37(22-21-31(44)2)33-23-26-35(27-24-33)45-40-17-8-10-19-42(40)46(43-20-11-9-18-41(43)45)38-28-25-32-13-4-5-15-36(32)29-38/h4-11,13-30H,3,12H2,1-2H3. The second-order valence-corrected chi connectivity index (χ2v) is 12.4. The number of fused-ring (bicyclic) bond motifs is 3. The summed E-state index contributed by atoms with van der Waals surface area (Å²) in [5.41, 5.74) is 13.0. The summed E-state index contributed by atoms with van der Waals surface area (Å²) in [6.45, 7) is 4.48. The molecule has 0 saturated carbocycles. The molecule has 220 valence electrons. The lowest BCUT2D eigenvalue weighted by Gasteiger charge is -2.18. The molecule has 8 rings (SSSR count). The van der Waals surface area contributed by atoms with Crippen molar-refractivity contribution in [3.8, 4) is 44.5 Å². The summed E-state index contributed by atoms with van der Waals surface area (Å²) < 4.78 is 0. The first-order chi connectivity index (χ1) is 22.7. The molecule has 0 spiro atoms. The zero-order valence-electron chi connectivity index (χ0n) is 26.4. The highest BCUT2D eigenvalue weighted by Crippen LogP contribution is 2.44. The first-order valence-corrected chi connectivity index (χ1v) is 16.4. The van der Waals surface area contributed by atoms with Crippen LogP contribution in [-0.2, 0) is 6.42 Å². The van der Waals surface area contributed by atoms with Crippen molar-refractivity contribution in [2.75, 3.05) is 0 Å². The van der Waals surface area contributed by atoms with Crippen molar-refractivity contribution in [1.29, 1.82) is 0 Å². The van der Waals surface area contributed by atoms with E-state index < -0.39 is 0 Å². The van der Waals surface area contributed by atoms with Gasteiger partial charge in [0.05, 0.1) is 0 Å². The summed E-state index contributed by atoms with van der Waals surface area (Å²) >= 11 is 0. The van der Waals surface area contributed by atoms with Gasteiger partial charge >= 0.3 is 0 Å². The Hall–Kier alpha value is -5.46. The highest BCUT2D eigenvalue weighted by molar-refractivity contribution is 6.21. The molecule has 0 N–H and O–H groups in total. The SMILES string of the molecule is CCCc1ccccc1-c1cc(-c2ccc(-c3c4ccccc4c(-c4ccc5ccccc5c4)c4ccccc34)cc2)ccc1C. The van der Waals surface area contributed by atoms with Gasteiger partial charge in [0.25, 0.3) is 0 Å². The average Bonchev–Trinajstić information content (AvgIpc) is 3.11. The highest BCUT2D eigenvalue weighted by Gasteiger charge is 2.17. The van der Waals surface area contributed by atoms with Crippen LogP contribution in [-0.4, -0.2) is 0 Å². The quantitative estimate of drug-likeness (QED) is 0.170. The van der Waals surface area contributed by atoms with Crippen LogP contribution in [0, 0.1) is 6.92 Å². The fourth-order valence-corrected chi connectivity index (χ4v) is 7.29. The molecular weight excluding hydrogens is 553 g/mol. The second kappa shape index (κ2) is 11.8. The van der Waals surface area contributed by atoms with Gasteiger partial charge in [-0.25, -0.2) is 0 Å². The van der Waals surface area contributed by atoms with E-state index in [1.165, 1.54) is 88.0 Å². The third-order valence-electron chi connectivity index (χ3n) is 9.54. The molecule has 0 aliphatic rings. The van der Waals surface area contributed by atoms with Gasteiger partial charge < -0.3 is 0 Å². The van der Waals surface area contributed by atoms with Crippen molar-refractivity contribution < 1.29 is 0 Å². The zero-order valence-corrected chi connectivity index (χ0v) is 26.4. The van der Waals surface area contributed by atoms with E-state index in [1.807, 2.05) is 0 Å². The van der Waals surface area contributed by atoms with Crippen LogP contribution in [0.25, 0.3) is 76.8 Å². The van der Waals surface area contributed by atoms with Crippen LogP contribution in [0.15, 0.2) is 158 Å². The van der Waals surface area contributed by atoms with Gasteiger partial charge in [-0.15, -0.1) is 0 Å². The van der Waals surface area contributed by atoms with Crippen molar-refractivity contribution in [2.24, 2.45) is 0 Å². The Morgan fingerprint density at radius 1 is 0.391 bits per heavy atom. The first kappa shape index (κ1) is 28.0. The molecule has 0 heteroatoms. The van der Waals surface area contributed by atoms with Gasteiger partial charge in [-0.3, -0.25) is 0 Å². The number of aryl methyl sites for hydroxylation is 2. The van der Waals surface area contributed by atoms with Gasteiger partial charge in [0.15, 0.2) is 0 Å². The molecule has 0 nitrogen and oxygen atoms in total. The average molecular weight is 589 g/mol. The van der Waals surface area contributed by atoms with Crippen LogP contribution < -0.4 is 0 Å². The first-order valence-electron chi connectivity index (χ1n) is 16.4. The van der Waals surface area contributed by atoms with Crippen LogP contribution in [0.3, 0.4) is 0 Å². The lowest BCUT2D eigenvalue weighted by Crippen LogP contribution is -1.92. The lowest BCUT2D eigenvalue weighted by atomic mass is 9.85. The van der Waals surface area contributed by atoms with Gasteiger partial charge in [0.1, 0.15) is 0 Å². The number of hydrogen-bond acceptors (Lipinski definition) is 0.